The molecular formula is C14H12Cl3F2P. The molecule has 0 nitrogen and oxygen atoms in total. The minimum atomic E-state index is -0.796. The van der Waals surface area contributed by atoms with Crippen molar-refractivity contribution in [3.05, 3.63) is 62.1 Å². The highest BCUT2D eigenvalue weighted by Gasteiger charge is 2.05. The largest absolute Gasteiger partial charge is 0.204 e. The quantitative estimate of drug-likeness (QED) is 0.530. The van der Waals surface area contributed by atoms with E-state index in [-0.39, 0.29) is 0 Å². The van der Waals surface area contributed by atoms with E-state index in [1.807, 2.05) is 6.92 Å². The molecule has 0 aromatic heterocycles. The fraction of sp³-hybridized carbons (Fsp3) is 0.143. The SMILES string of the molecule is Cc1c(Cl)cc(Cl)cc1Cl.Cc1ccc(F)c(F)c1P. The van der Waals surface area contributed by atoms with E-state index in [2.05, 4.69) is 9.24 Å². The van der Waals surface area contributed by atoms with Crippen molar-refractivity contribution in [1.29, 1.82) is 0 Å². The molecule has 0 N–H and O–H groups in total. The van der Waals surface area contributed by atoms with Gasteiger partial charge in [0.2, 0.25) is 0 Å². The number of hydrogen-bond acceptors (Lipinski definition) is 0. The molecule has 0 radical (unpaired) electrons. The summed E-state index contributed by atoms with van der Waals surface area (Å²) in [4.78, 5) is 0. The van der Waals surface area contributed by atoms with Crippen molar-refractivity contribution in [2.75, 3.05) is 0 Å². The number of halogens is 5. The second-order valence-electron chi connectivity index (χ2n) is 4.09. The topological polar surface area (TPSA) is 0 Å². The summed E-state index contributed by atoms with van der Waals surface area (Å²) in [6.45, 7) is 3.58. The standard InChI is InChI=1S/C7H5Cl3.C7H7F2P/c1-4-6(9)2-5(8)3-7(4)10;1-4-2-3-5(8)6(9)7(4)10/h2-3H,1H3;2-3H,10H2,1H3. The molecule has 2 rings (SSSR count). The van der Waals surface area contributed by atoms with Crippen LogP contribution in [0.15, 0.2) is 24.3 Å². The predicted octanol–water partition coefficient (Wildman–Crippen LogP) is 5.73. The van der Waals surface area contributed by atoms with E-state index in [4.69, 9.17) is 34.8 Å². The van der Waals surface area contributed by atoms with Crippen molar-refractivity contribution >= 4 is 49.3 Å². The Kier molecular flexibility index (Phi) is 6.68. The van der Waals surface area contributed by atoms with Gasteiger partial charge in [-0.25, -0.2) is 8.78 Å². The summed E-state index contributed by atoms with van der Waals surface area (Å²) < 4.78 is 25.0. The zero-order chi connectivity index (χ0) is 15.4. The molecule has 0 aliphatic heterocycles. The van der Waals surface area contributed by atoms with E-state index in [1.54, 1.807) is 25.1 Å². The highest BCUT2D eigenvalue weighted by molar-refractivity contribution is 7.27. The third-order valence-corrected chi connectivity index (χ3v) is 4.31. The van der Waals surface area contributed by atoms with E-state index < -0.39 is 11.6 Å². The lowest BCUT2D eigenvalue weighted by Crippen LogP contribution is -2.05. The summed E-state index contributed by atoms with van der Waals surface area (Å²) in [6.07, 6.45) is 0. The second-order valence-corrected chi connectivity index (χ2v) is 5.91. The highest BCUT2D eigenvalue weighted by Crippen LogP contribution is 2.27. The fourth-order valence-corrected chi connectivity index (χ4v) is 2.33. The molecule has 0 fully saturated rings. The van der Waals surface area contributed by atoms with Crippen LogP contribution in [0.25, 0.3) is 0 Å². The average molecular weight is 356 g/mol. The zero-order valence-corrected chi connectivity index (χ0v) is 14.2. The predicted molar refractivity (Wildman–Crippen MR) is 86.6 cm³/mol. The highest BCUT2D eigenvalue weighted by atomic mass is 35.5. The molecular weight excluding hydrogens is 343 g/mol. The summed E-state index contributed by atoms with van der Waals surface area (Å²) in [5, 5.41) is 2.09. The summed E-state index contributed by atoms with van der Waals surface area (Å²) in [5.74, 6) is -1.57. The smallest absolute Gasteiger partial charge is 0.166 e. The van der Waals surface area contributed by atoms with Gasteiger partial charge in [-0.15, -0.1) is 9.24 Å². The van der Waals surface area contributed by atoms with Gasteiger partial charge in [-0.2, -0.15) is 0 Å². The molecule has 0 saturated carbocycles. The Labute approximate surface area is 134 Å². The van der Waals surface area contributed by atoms with Crippen LogP contribution in [0.5, 0.6) is 0 Å². The second kappa shape index (κ2) is 7.56. The first-order valence-corrected chi connectivity index (χ1v) is 7.26. The van der Waals surface area contributed by atoms with E-state index >= 15 is 0 Å². The number of hydrogen-bond donors (Lipinski definition) is 0. The van der Waals surface area contributed by atoms with Gasteiger partial charge in [0, 0.05) is 20.4 Å². The van der Waals surface area contributed by atoms with Crippen LogP contribution in [0.4, 0.5) is 8.78 Å². The Bertz CT molecular complexity index is 580. The number of rotatable bonds is 0. The first-order chi connectivity index (χ1) is 9.23. The Balaban J connectivity index is 0.000000200. The summed E-state index contributed by atoms with van der Waals surface area (Å²) in [7, 11) is 2.16. The van der Waals surface area contributed by atoms with Crippen molar-refractivity contribution in [1.82, 2.24) is 0 Å². The van der Waals surface area contributed by atoms with Crippen molar-refractivity contribution in [2.45, 2.75) is 13.8 Å². The molecule has 6 heteroatoms. The minimum absolute atomic E-state index is 0.306. The van der Waals surface area contributed by atoms with Crippen LogP contribution in [-0.2, 0) is 0 Å². The number of benzene rings is 2. The maximum absolute atomic E-state index is 12.6. The van der Waals surface area contributed by atoms with E-state index in [0.29, 0.717) is 20.4 Å². The molecule has 0 amide bonds. The van der Waals surface area contributed by atoms with E-state index in [1.165, 1.54) is 0 Å². The van der Waals surface area contributed by atoms with Crippen LogP contribution >= 0.6 is 44.0 Å². The Morgan fingerprint density at radius 1 is 0.950 bits per heavy atom. The van der Waals surface area contributed by atoms with Gasteiger partial charge >= 0.3 is 0 Å². The molecule has 2 aromatic carbocycles. The lowest BCUT2D eigenvalue weighted by molar-refractivity contribution is 0.514. The summed E-state index contributed by atoms with van der Waals surface area (Å²) >= 11 is 17.2. The summed E-state index contributed by atoms with van der Waals surface area (Å²) in [6, 6.07) is 6.01. The van der Waals surface area contributed by atoms with E-state index in [9.17, 15) is 8.78 Å². The molecule has 2 aromatic rings. The molecule has 0 heterocycles. The molecule has 1 atom stereocenters. The van der Waals surface area contributed by atoms with Crippen molar-refractivity contribution in [3.8, 4) is 0 Å². The molecule has 0 saturated heterocycles. The van der Waals surface area contributed by atoms with Crippen molar-refractivity contribution < 1.29 is 8.78 Å². The van der Waals surface area contributed by atoms with Crippen molar-refractivity contribution in [2.24, 2.45) is 0 Å². The molecule has 108 valence electrons. The minimum Gasteiger partial charge on any atom is -0.204 e. The third-order valence-electron chi connectivity index (χ3n) is 2.60. The molecule has 20 heavy (non-hydrogen) atoms. The van der Waals surface area contributed by atoms with Gasteiger partial charge in [0.15, 0.2) is 11.6 Å². The van der Waals surface area contributed by atoms with Gasteiger partial charge in [0.1, 0.15) is 0 Å². The zero-order valence-electron chi connectivity index (χ0n) is 10.8. The van der Waals surface area contributed by atoms with Gasteiger partial charge in [0.05, 0.1) is 0 Å². The van der Waals surface area contributed by atoms with Crippen LogP contribution in [0.1, 0.15) is 11.1 Å². The first-order valence-electron chi connectivity index (χ1n) is 5.55. The summed E-state index contributed by atoms with van der Waals surface area (Å²) in [5.41, 5.74) is 1.61. The molecule has 1 unspecified atom stereocenters. The monoisotopic (exact) mass is 354 g/mol. The molecule has 0 spiro atoms. The van der Waals surface area contributed by atoms with Gasteiger partial charge in [-0.3, -0.25) is 0 Å². The third kappa shape index (κ3) is 4.56. The Morgan fingerprint density at radius 2 is 1.45 bits per heavy atom. The molecule has 0 bridgehead atoms. The van der Waals surface area contributed by atoms with Gasteiger partial charge < -0.3 is 0 Å². The fourth-order valence-electron chi connectivity index (χ4n) is 1.28. The lowest BCUT2D eigenvalue weighted by Gasteiger charge is -1.99. The average Bonchev–Trinajstić information content (AvgIpc) is 2.39. The van der Waals surface area contributed by atoms with Gasteiger partial charge in [0.25, 0.3) is 0 Å². The first kappa shape index (κ1) is 17.7. The van der Waals surface area contributed by atoms with Crippen LogP contribution in [0.3, 0.4) is 0 Å². The Morgan fingerprint density at radius 3 is 1.90 bits per heavy atom. The van der Waals surface area contributed by atoms with Crippen LogP contribution in [-0.4, -0.2) is 0 Å². The van der Waals surface area contributed by atoms with Gasteiger partial charge in [-0.1, -0.05) is 40.9 Å². The van der Waals surface area contributed by atoms with Crippen LogP contribution in [0, 0.1) is 25.5 Å². The van der Waals surface area contributed by atoms with Crippen LogP contribution < -0.4 is 5.30 Å². The maximum Gasteiger partial charge on any atom is 0.166 e. The molecule has 0 aliphatic rings. The normalized spacial score (nSPS) is 10.0. The number of aryl methyl sites for hydroxylation is 1. The maximum atomic E-state index is 12.6. The lowest BCUT2D eigenvalue weighted by atomic mass is 10.2. The Hall–Kier alpha value is -0.400. The van der Waals surface area contributed by atoms with Gasteiger partial charge in [-0.05, 0) is 43.2 Å². The van der Waals surface area contributed by atoms with E-state index in [0.717, 1.165) is 17.2 Å². The molecule has 0 aliphatic carbocycles. The van der Waals surface area contributed by atoms with Crippen molar-refractivity contribution in [3.63, 3.8) is 0 Å². The van der Waals surface area contributed by atoms with Crippen LogP contribution in [0.2, 0.25) is 15.1 Å².